The van der Waals surface area contributed by atoms with Crippen molar-refractivity contribution in [3.63, 3.8) is 0 Å². The van der Waals surface area contributed by atoms with Crippen molar-refractivity contribution >= 4 is 29.0 Å². The normalized spacial score (nSPS) is 11.6. The van der Waals surface area contributed by atoms with Crippen LogP contribution in [-0.2, 0) is 24.1 Å². The maximum Gasteiger partial charge on any atom is 0.416 e. The predicted octanol–water partition coefficient (Wildman–Crippen LogP) is 1.35. The highest BCUT2D eigenvalue weighted by Crippen LogP contribution is 2.33. The van der Waals surface area contributed by atoms with E-state index in [4.69, 9.17) is 0 Å². The first-order valence-electron chi connectivity index (χ1n) is 6.58. The second-order valence-electron chi connectivity index (χ2n) is 4.83. The van der Waals surface area contributed by atoms with Gasteiger partial charge in [0.15, 0.2) is 0 Å². The van der Waals surface area contributed by atoms with Crippen molar-refractivity contribution in [2.24, 2.45) is 0 Å². The number of aliphatic hydroxyl groups excluding tert-OH is 1. The molecule has 0 aliphatic carbocycles. The van der Waals surface area contributed by atoms with E-state index in [0.29, 0.717) is 10.6 Å². The second kappa shape index (κ2) is 7.07. The molecule has 1 aromatic carbocycles. The molecule has 1 aromatic heterocycles. The lowest BCUT2D eigenvalue weighted by atomic mass is 10.1. The number of halogens is 5. The van der Waals surface area contributed by atoms with Crippen LogP contribution in [0.5, 0.6) is 0 Å². The van der Waals surface area contributed by atoms with Gasteiger partial charge in [0, 0.05) is 5.56 Å². The van der Waals surface area contributed by atoms with Gasteiger partial charge in [0.25, 0.3) is 5.56 Å². The highest BCUT2D eigenvalue weighted by Gasteiger charge is 2.35. The Bertz CT molecular complexity index is 950. The first-order valence-corrected chi connectivity index (χ1v) is 7.65. The van der Waals surface area contributed by atoms with E-state index in [0.717, 1.165) is 12.1 Å². The van der Waals surface area contributed by atoms with Crippen molar-refractivity contribution < 1.29 is 27.5 Å². The number of alkyl halides is 3. The number of carbonyl (C=O) groups excluding carboxylic acids is 1. The SMILES string of the molecule is O=Cn1c(=O)c(I)c(CO)n(Cc2c(F)cccc2C(F)(F)F)c1=O. The van der Waals surface area contributed by atoms with Crippen molar-refractivity contribution in [2.75, 3.05) is 0 Å². The molecule has 1 heterocycles. The van der Waals surface area contributed by atoms with Gasteiger partial charge in [-0.1, -0.05) is 6.07 Å². The summed E-state index contributed by atoms with van der Waals surface area (Å²) in [6.07, 6.45) is -4.98. The molecule has 0 spiro atoms. The van der Waals surface area contributed by atoms with Gasteiger partial charge >= 0.3 is 11.9 Å². The highest BCUT2D eigenvalue weighted by atomic mass is 127. The van der Waals surface area contributed by atoms with E-state index in [1.54, 1.807) is 0 Å². The summed E-state index contributed by atoms with van der Waals surface area (Å²) in [5.41, 5.74) is -4.77. The largest absolute Gasteiger partial charge is 0.416 e. The zero-order valence-corrected chi connectivity index (χ0v) is 14.3. The smallest absolute Gasteiger partial charge is 0.390 e. The summed E-state index contributed by atoms with van der Waals surface area (Å²) < 4.78 is 53.7. The van der Waals surface area contributed by atoms with Crippen molar-refractivity contribution in [3.05, 3.63) is 65.2 Å². The van der Waals surface area contributed by atoms with E-state index >= 15 is 0 Å². The van der Waals surface area contributed by atoms with Gasteiger partial charge in [-0.15, -0.1) is 0 Å². The fraction of sp³-hybridized carbons (Fsp3) is 0.214. The minimum Gasteiger partial charge on any atom is -0.390 e. The van der Waals surface area contributed by atoms with E-state index in [2.05, 4.69) is 0 Å². The molecule has 0 fully saturated rings. The Hall–Kier alpha value is -2.02. The van der Waals surface area contributed by atoms with E-state index in [9.17, 15) is 37.1 Å². The Morgan fingerprint density at radius 1 is 1.24 bits per heavy atom. The van der Waals surface area contributed by atoms with Crippen LogP contribution in [0.2, 0.25) is 0 Å². The van der Waals surface area contributed by atoms with Crippen LogP contribution in [0.15, 0.2) is 27.8 Å². The van der Waals surface area contributed by atoms with Crippen molar-refractivity contribution in [2.45, 2.75) is 19.3 Å². The van der Waals surface area contributed by atoms with E-state index in [1.165, 1.54) is 22.6 Å². The third-order valence-electron chi connectivity index (χ3n) is 3.42. The van der Waals surface area contributed by atoms with Gasteiger partial charge in [-0.3, -0.25) is 14.2 Å². The summed E-state index contributed by atoms with van der Waals surface area (Å²) in [7, 11) is 0. The summed E-state index contributed by atoms with van der Waals surface area (Å²) in [6.45, 7) is -1.78. The summed E-state index contributed by atoms with van der Waals surface area (Å²) in [4.78, 5) is 35.0. The van der Waals surface area contributed by atoms with Crippen molar-refractivity contribution in [1.82, 2.24) is 9.13 Å². The zero-order chi connectivity index (χ0) is 18.9. The summed E-state index contributed by atoms with van der Waals surface area (Å²) >= 11 is 1.44. The van der Waals surface area contributed by atoms with Gasteiger partial charge in [0.05, 0.1) is 24.4 Å². The third kappa shape index (κ3) is 3.51. The van der Waals surface area contributed by atoms with Gasteiger partial charge in [0.2, 0.25) is 6.41 Å². The molecule has 0 radical (unpaired) electrons. The van der Waals surface area contributed by atoms with Crippen LogP contribution in [0.1, 0.15) is 16.8 Å². The molecule has 11 heteroatoms. The van der Waals surface area contributed by atoms with Crippen LogP contribution in [0.25, 0.3) is 0 Å². The number of benzene rings is 1. The molecule has 0 saturated carbocycles. The van der Waals surface area contributed by atoms with Crippen molar-refractivity contribution in [1.29, 1.82) is 0 Å². The molecule has 0 bridgehead atoms. The summed E-state index contributed by atoms with van der Waals surface area (Å²) in [5.74, 6) is -1.22. The molecule has 0 atom stereocenters. The molecule has 1 N–H and O–H groups in total. The number of hydrogen-bond donors (Lipinski definition) is 1. The maximum absolute atomic E-state index is 14.0. The molecular weight excluding hydrogens is 463 g/mol. The Morgan fingerprint density at radius 2 is 1.88 bits per heavy atom. The summed E-state index contributed by atoms with van der Waals surface area (Å²) in [6, 6.07) is 2.30. The van der Waals surface area contributed by atoms with Crippen LogP contribution in [-0.4, -0.2) is 20.7 Å². The number of rotatable bonds is 4. The Labute approximate surface area is 150 Å². The number of carbonyl (C=O) groups is 1. The predicted molar refractivity (Wildman–Crippen MR) is 86.3 cm³/mol. The molecule has 6 nitrogen and oxygen atoms in total. The Balaban J connectivity index is 2.80. The Morgan fingerprint density at radius 3 is 2.40 bits per heavy atom. The van der Waals surface area contributed by atoms with Gasteiger partial charge in [-0.25, -0.2) is 9.18 Å². The van der Waals surface area contributed by atoms with E-state index in [-0.39, 0.29) is 20.2 Å². The Kier molecular flexibility index (Phi) is 5.46. The van der Waals surface area contributed by atoms with Crippen LogP contribution < -0.4 is 11.2 Å². The highest BCUT2D eigenvalue weighted by molar-refractivity contribution is 14.1. The molecule has 2 rings (SSSR count). The van der Waals surface area contributed by atoms with Gasteiger partial charge in [0.1, 0.15) is 9.39 Å². The first kappa shape index (κ1) is 19.3. The molecule has 0 aliphatic heterocycles. The van der Waals surface area contributed by atoms with Gasteiger partial charge in [-0.05, 0) is 34.7 Å². The minimum absolute atomic E-state index is 0.101. The third-order valence-corrected chi connectivity index (χ3v) is 4.50. The number of aliphatic hydroxyl groups is 1. The van der Waals surface area contributed by atoms with Gasteiger partial charge in [-0.2, -0.15) is 17.7 Å². The van der Waals surface area contributed by atoms with Crippen molar-refractivity contribution in [3.8, 4) is 0 Å². The lowest BCUT2D eigenvalue weighted by Gasteiger charge is -2.17. The van der Waals surface area contributed by atoms with Crippen LogP contribution in [0.3, 0.4) is 0 Å². The van der Waals surface area contributed by atoms with E-state index < -0.39 is 47.5 Å². The topological polar surface area (TPSA) is 81.3 Å². The average Bonchev–Trinajstić information content (AvgIpc) is 2.54. The van der Waals surface area contributed by atoms with Crippen LogP contribution in [0.4, 0.5) is 17.6 Å². The molecule has 0 unspecified atom stereocenters. The van der Waals surface area contributed by atoms with Gasteiger partial charge < -0.3 is 5.11 Å². The molecule has 2 aromatic rings. The zero-order valence-electron chi connectivity index (χ0n) is 12.2. The lowest BCUT2D eigenvalue weighted by molar-refractivity contribution is -0.138. The molecule has 25 heavy (non-hydrogen) atoms. The fourth-order valence-electron chi connectivity index (χ4n) is 2.23. The average molecular weight is 472 g/mol. The van der Waals surface area contributed by atoms with E-state index in [1.807, 2.05) is 0 Å². The minimum atomic E-state index is -4.88. The molecular formula is C14H9F4IN2O4. The molecule has 134 valence electrons. The maximum atomic E-state index is 14.0. The number of hydrogen-bond acceptors (Lipinski definition) is 4. The fourth-order valence-corrected chi connectivity index (χ4v) is 2.96. The monoisotopic (exact) mass is 472 g/mol. The first-order chi connectivity index (χ1) is 11.6. The number of nitrogens with zero attached hydrogens (tertiary/aromatic N) is 2. The molecule has 0 saturated heterocycles. The lowest BCUT2D eigenvalue weighted by Crippen LogP contribution is -2.43. The quantitative estimate of drug-likeness (QED) is 0.414. The molecule has 0 aliphatic rings. The van der Waals surface area contributed by atoms with Crippen LogP contribution >= 0.6 is 22.6 Å². The van der Waals surface area contributed by atoms with Crippen LogP contribution in [0, 0.1) is 9.39 Å². The standard InChI is InChI=1S/C14H9F4IN2O4/c15-9-3-1-2-8(14(16,17)18)7(9)4-20-10(5-22)11(19)12(24)21(6-23)13(20)25/h1-3,6,22H,4-5H2. The number of aromatic nitrogens is 2. The second-order valence-corrected chi connectivity index (χ2v) is 5.91. The summed E-state index contributed by atoms with van der Waals surface area (Å²) in [5, 5.41) is 9.37. The molecule has 0 amide bonds.